The normalized spacial score (nSPS) is 17.8. The molecule has 2 N–H and O–H groups in total. The molecule has 1 saturated heterocycles. The lowest BCUT2D eigenvalue weighted by molar-refractivity contribution is 0.0950. The molecule has 1 fully saturated rings. The summed E-state index contributed by atoms with van der Waals surface area (Å²) in [6.45, 7) is 4.96. The molecule has 24 heavy (non-hydrogen) atoms. The SMILES string of the molecule is Cc1cccc(C(=O)NCc2ccccc2CN2CC[C@H](O)C2)c1. The van der Waals surface area contributed by atoms with Gasteiger partial charge in [0, 0.05) is 31.7 Å². The number of aliphatic hydroxyl groups is 1. The number of aryl methyl sites for hydroxylation is 1. The molecule has 0 aromatic heterocycles. The number of amides is 1. The number of likely N-dealkylation sites (tertiary alicyclic amines) is 1. The highest BCUT2D eigenvalue weighted by Crippen LogP contribution is 2.16. The summed E-state index contributed by atoms with van der Waals surface area (Å²) in [5.41, 5.74) is 4.10. The first-order valence-electron chi connectivity index (χ1n) is 8.44. The second-order valence-electron chi connectivity index (χ2n) is 6.50. The van der Waals surface area contributed by atoms with Gasteiger partial charge in [0.15, 0.2) is 0 Å². The van der Waals surface area contributed by atoms with Crippen molar-refractivity contribution in [3.63, 3.8) is 0 Å². The molecule has 126 valence electrons. The van der Waals surface area contributed by atoms with E-state index in [2.05, 4.69) is 22.3 Å². The van der Waals surface area contributed by atoms with Crippen molar-refractivity contribution in [3.05, 3.63) is 70.8 Å². The van der Waals surface area contributed by atoms with Crippen LogP contribution < -0.4 is 5.32 Å². The lowest BCUT2D eigenvalue weighted by atomic mass is 10.1. The van der Waals surface area contributed by atoms with Gasteiger partial charge in [-0.3, -0.25) is 9.69 Å². The van der Waals surface area contributed by atoms with Crippen molar-refractivity contribution in [2.24, 2.45) is 0 Å². The minimum atomic E-state index is -0.210. The molecular formula is C20H24N2O2. The summed E-state index contributed by atoms with van der Waals surface area (Å²) < 4.78 is 0. The van der Waals surface area contributed by atoms with Crippen LogP contribution in [0.25, 0.3) is 0 Å². The molecule has 0 bridgehead atoms. The van der Waals surface area contributed by atoms with Crippen LogP contribution in [0.15, 0.2) is 48.5 Å². The average molecular weight is 324 g/mol. The van der Waals surface area contributed by atoms with E-state index in [9.17, 15) is 9.90 Å². The number of rotatable bonds is 5. The Kier molecular flexibility index (Phi) is 5.28. The van der Waals surface area contributed by atoms with Crippen LogP contribution in [0.4, 0.5) is 0 Å². The summed E-state index contributed by atoms with van der Waals surface area (Å²) in [7, 11) is 0. The highest BCUT2D eigenvalue weighted by molar-refractivity contribution is 5.94. The molecule has 4 heteroatoms. The summed E-state index contributed by atoms with van der Waals surface area (Å²) >= 11 is 0. The summed E-state index contributed by atoms with van der Waals surface area (Å²) in [4.78, 5) is 14.6. The molecule has 0 unspecified atom stereocenters. The Hall–Kier alpha value is -2.17. The largest absolute Gasteiger partial charge is 0.392 e. The van der Waals surface area contributed by atoms with Crippen molar-refractivity contribution in [1.82, 2.24) is 10.2 Å². The molecule has 1 heterocycles. The topological polar surface area (TPSA) is 52.6 Å². The number of nitrogens with zero attached hydrogens (tertiary/aromatic N) is 1. The van der Waals surface area contributed by atoms with E-state index in [-0.39, 0.29) is 12.0 Å². The van der Waals surface area contributed by atoms with Gasteiger partial charge in [-0.05, 0) is 36.6 Å². The molecule has 1 aliphatic heterocycles. The molecule has 1 amide bonds. The number of aliphatic hydroxyl groups excluding tert-OH is 1. The summed E-state index contributed by atoms with van der Waals surface area (Å²) in [6, 6.07) is 15.8. The third kappa shape index (κ3) is 4.22. The highest BCUT2D eigenvalue weighted by atomic mass is 16.3. The summed E-state index contributed by atoms with van der Waals surface area (Å²) in [6.07, 6.45) is 0.630. The maximum Gasteiger partial charge on any atom is 0.251 e. The van der Waals surface area contributed by atoms with Crippen LogP contribution in [-0.4, -0.2) is 35.1 Å². The van der Waals surface area contributed by atoms with Gasteiger partial charge in [-0.25, -0.2) is 0 Å². The van der Waals surface area contributed by atoms with Gasteiger partial charge in [0.25, 0.3) is 5.91 Å². The van der Waals surface area contributed by atoms with Crippen LogP contribution in [0.1, 0.15) is 33.5 Å². The summed E-state index contributed by atoms with van der Waals surface area (Å²) in [5, 5.41) is 12.7. The van der Waals surface area contributed by atoms with E-state index in [1.807, 2.05) is 43.3 Å². The summed E-state index contributed by atoms with van der Waals surface area (Å²) in [5.74, 6) is -0.0508. The number of hydrogen-bond donors (Lipinski definition) is 2. The van der Waals surface area contributed by atoms with E-state index in [4.69, 9.17) is 0 Å². The molecular weight excluding hydrogens is 300 g/mol. The predicted molar refractivity (Wildman–Crippen MR) is 94.7 cm³/mol. The number of carbonyl (C=O) groups excluding carboxylic acids is 1. The van der Waals surface area contributed by atoms with E-state index < -0.39 is 0 Å². The Bertz CT molecular complexity index is 714. The van der Waals surface area contributed by atoms with E-state index in [0.717, 1.165) is 37.2 Å². The van der Waals surface area contributed by atoms with Gasteiger partial charge >= 0.3 is 0 Å². The molecule has 4 nitrogen and oxygen atoms in total. The fraction of sp³-hybridized carbons (Fsp3) is 0.350. The van der Waals surface area contributed by atoms with E-state index in [1.54, 1.807) is 0 Å². The number of hydrogen-bond acceptors (Lipinski definition) is 3. The first-order valence-corrected chi connectivity index (χ1v) is 8.44. The third-order valence-electron chi connectivity index (χ3n) is 4.48. The number of nitrogens with one attached hydrogen (secondary N) is 1. The van der Waals surface area contributed by atoms with Crippen LogP contribution in [0.5, 0.6) is 0 Å². The van der Waals surface area contributed by atoms with Crippen LogP contribution in [-0.2, 0) is 13.1 Å². The van der Waals surface area contributed by atoms with Gasteiger partial charge in [-0.1, -0.05) is 42.0 Å². The molecule has 0 saturated carbocycles. The van der Waals surface area contributed by atoms with Crippen molar-refractivity contribution >= 4 is 5.91 Å². The van der Waals surface area contributed by atoms with Crippen LogP contribution in [0.3, 0.4) is 0 Å². The highest BCUT2D eigenvalue weighted by Gasteiger charge is 2.20. The number of β-amino-alcohol motifs (C(OH)–C–C–N with tert-alkyl or cyclic N) is 1. The zero-order valence-electron chi connectivity index (χ0n) is 14.0. The fourth-order valence-electron chi connectivity index (χ4n) is 3.14. The molecule has 0 spiro atoms. The molecule has 3 rings (SSSR count). The maximum atomic E-state index is 12.3. The van der Waals surface area contributed by atoms with Crippen LogP contribution >= 0.6 is 0 Å². The second kappa shape index (κ2) is 7.60. The zero-order chi connectivity index (χ0) is 16.9. The van der Waals surface area contributed by atoms with Gasteiger partial charge in [-0.2, -0.15) is 0 Å². The molecule has 0 aliphatic carbocycles. The number of benzene rings is 2. The lowest BCUT2D eigenvalue weighted by Crippen LogP contribution is -2.25. The van der Waals surface area contributed by atoms with Crippen molar-refractivity contribution in [1.29, 1.82) is 0 Å². The fourth-order valence-corrected chi connectivity index (χ4v) is 3.14. The molecule has 2 aromatic carbocycles. The first kappa shape index (κ1) is 16.7. The van der Waals surface area contributed by atoms with Crippen molar-refractivity contribution in [2.75, 3.05) is 13.1 Å². The smallest absolute Gasteiger partial charge is 0.251 e. The third-order valence-corrected chi connectivity index (χ3v) is 4.48. The van der Waals surface area contributed by atoms with E-state index >= 15 is 0 Å². The maximum absolute atomic E-state index is 12.3. The Morgan fingerprint density at radius 1 is 1.21 bits per heavy atom. The van der Waals surface area contributed by atoms with Gasteiger partial charge in [-0.15, -0.1) is 0 Å². The van der Waals surface area contributed by atoms with Gasteiger partial charge < -0.3 is 10.4 Å². The average Bonchev–Trinajstić information content (AvgIpc) is 2.99. The van der Waals surface area contributed by atoms with E-state index in [1.165, 1.54) is 5.56 Å². The van der Waals surface area contributed by atoms with Crippen LogP contribution in [0, 0.1) is 6.92 Å². The Labute approximate surface area is 143 Å². The molecule has 0 radical (unpaired) electrons. The standard InChI is InChI=1S/C20H24N2O2/c1-15-5-4-8-16(11-15)20(24)21-12-17-6-2-3-7-18(17)13-22-10-9-19(23)14-22/h2-8,11,19,23H,9-10,12-14H2,1H3,(H,21,24)/t19-/m0/s1. The Morgan fingerprint density at radius 3 is 2.71 bits per heavy atom. The van der Waals surface area contributed by atoms with Crippen molar-refractivity contribution in [3.8, 4) is 0 Å². The molecule has 1 atom stereocenters. The van der Waals surface area contributed by atoms with E-state index in [0.29, 0.717) is 12.1 Å². The minimum Gasteiger partial charge on any atom is -0.392 e. The lowest BCUT2D eigenvalue weighted by Gasteiger charge is -2.18. The molecule has 1 aliphatic rings. The quantitative estimate of drug-likeness (QED) is 0.888. The Morgan fingerprint density at radius 2 is 2.00 bits per heavy atom. The van der Waals surface area contributed by atoms with Crippen LogP contribution in [0.2, 0.25) is 0 Å². The minimum absolute atomic E-state index is 0.0508. The number of carbonyl (C=O) groups is 1. The Balaban J connectivity index is 1.64. The van der Waals surface area contributed by atoms with Gasteiger partial charge in [0.1, 0.15) is 0 Å². The van der Waals surface area contributed by atoms with Crippen molar-refractivity contribution in [2.45, 2.75) is 32.5 Å². The second-order valence-corrected chi connectivity index (χ2v) is 6.50. The van der Waals surface area contributed by atoms with Gasteiger partial charge in [0.05, 0.1) is 6.10 Å². The monoisotopic (exact) mass is 324 g/mol. The van der Waals surface area contributed by atoms with Crippen molar-refractivity contribution < 1.29 is 9.90 Å². The van der Waals surface area contributed by atoms with Gasteiger partial charge in [0.2, 0.25) is 0 Å². The first-order chi connectivity index (χ1) is 11.6. The molecule has 2 aromatic rings. The predicted octanol–water partition coefficient (Wildman–Crippen LogP) is 2.49. The zero-order valence-corrected chi connectivity index (χ0v) is 14.0.